The van der Waals surface area contributed by atoms with Crippen LogP contribution in [0, 0.1) is 11.9 Å². The molecule has 1 aromatic rings. The summed E-state index contributed by atoms with van der Waals surface area (Å²) in [6.07, 6.45) is 1.39. The number of anilines is 1. The highest BCUT2D eigenvalue weighted by Crippen LogP contribution is 2.00. The average molecular weight is 111 g/mol. The van der Waals surface area contributed by atoms with Crippen LogP contribution in [-0.4, -0.2) is 4.98 Å². The summed E-state index contributed by atoms with van der Waals surface area (Å²) >= 11 is 0. The van der Waals surface area contributed by atoms with E-state index in [0.29, 0.717) is 0 Å². The van der Waals surface area contributed by atoms with Crippen molar-refractivity contribution in [2.24, 2.45) is 0 Å². The van der Waals surface area contributed by atoms with Gasteiger partial charge in [0.15, 0.2) is 11.6 Å². The monoisotopic (exact) mass is 111 g/mol. The lowest BCUT2D eigenvalue weighted by atomic mass is 10.4. The van der Waals surface area contributed by atoms with Crippen molar-refractivity contribution >= 4 is 5.82 Å². The second-order valence-electron chi connectivity index (χ2n) is 1.29. The summed E-state index contributed by atoms with van der Waals surface area (Å²) < 4.78 is 12.1. The molecule has 0 atom stereocenters. The summed E-state index contributed by atoms with van der Waals surface area (Å²) in [5.41, 5.74) is 5.00. The van der Waals surface area contributed by atoms with E-state index in [1.165, 1.54) is 12.3 Å². The van der Waals surface area contributed by atoms with Crippen molar-refractivity contribution in [2.75, 3.05) is 5.73 Å². The second-order valence-corrected chi connectivity index (χ2v) is 1.29. The Kier molecular flexibility index (Phi) is 1.12. The second kappa shape index (κ2) is 1.78. The number of nitrogens with two attached hydrogens (primary N) is 1. The third-order valence-corrected chi connectivity index (χ3v) is 0.723. The lowest BCUT2D eigenvalue weighted by molar-refractivity contribution is 0.625. The highest BCUT2D eigenvalue weighted by molar-refractivity contribution is 5.27. The number of aromatic nitrogens is 1. The molecule has 1 heterocycles. The molecule has 41 valence electrons. The lowest BCUT2D eigenvalue weighted by Gasteiger charge is -1.88. The largest absolute Gasteiger partial charge is 0.381 e. The average Bonchev–Trinajstić information content (AvgIpc) is 1.77. The molecule has 0 spiro atoms. The third-order valence-electron chi connectivity index (χ3n) is 0.723. The summed E-state index contributed by atoms with van der Waals surface area (Å²) in [5, 5.41) is 0. The van der Waals surface area contributed by atoms with Gasteiger partial charge in [0.05, 0.1) is 0 Å². The van der Waals surface area contributed by atoms with Crippen LogP contribution >= 0.6 is 0 Å². The molecule has 0 aliphatic rings. The van der Waals surface area contributed by atoms with Gasteiger partial charge >= 0.3 is 0 Å². The van der Waals surface area contributed by atoms with E-state index in [9.17, 15) is 4.39 Å². The van der Waals surface area contributed by atoms with Crippen LogP contribution in [0.4, 0.5) is 10.2 Å². The highest BCUT2D eigenvalue weighted by atomic mass is 19.1. The van der Waals surface area contributed by atoms with E-state index in [1.54, 1.807) is 0 Å². The maximum atomic E-state index is 12.1. The van der Waals surface area contributed by atoms with E-state index in [0.717, 1.165) is 0 Å². The number of pyridine rings is 1. The predicted molar refractivity (Wildman–Crippen MR) is 27.4 cm³/mol. The minimum Gasteiger partial charge on any atom is -0.381 e. The summed E-state index contributed by atoms with van der Waals surface area (Å²) in [5.74, 6) is -0.694. The maximum absolute atomic E-state index is 12.1. The SMILES string of the molecule is Nc1ncc[c]c1F. The molecule has 3 heteroatoms. The Morgan fingerprint density at radius 1 is 1.75 bits per heavy atom. The molecular weight excluding hydrogens is 107 g/mol. The fourth-order valence-electron chi connectivity index (χ4n) is 0.359. The molecule has 2 N–H and O–H groups in total. The number of nitrogens with zero attached hydrogens (tertiary/aromatic N) is 1. The normalized spacial score (nSPS) is 9.12. The first-order chi connectivity index (χ1) is 3.80. The molecule has 2 nitrogen and oxygen atoms in total. The Bertz CT molecular complexity index is 167. The van der Waals surface area contributed by atoms with Gasteiger partial charge in [-0.1, -0.05) is 0 Å². The molecule has 8 heavy (non-hydrogen) atoms. The fourth-order valence-corrected chi connectivity index (χ4v) is 0.359. The summed E-state index contributed by atoms with van der Waals surface area (Å²) in [6, 6.07) is 3.61. The molecule has 1 radical (unpaired) electrons. The minimum atomic E-state index is -0.590. The molecular formula is C5H4FN2. The first kappa shape index (κ1) is 5.03. The van der Waals surface area contributed by atoms with Crippen LogP contribution in [0.2, 0.25) is 0 Å². The van der Waals surface area contributed by atoms with Crippen molar-refractivity contribution < 1.29 is 4.39 Å². The zero-order valence-electron chi connectivity index (χ0n) is 4.06. The molecule has 1 aromatic heterocycles. The molecule has 0 unspecified atom stereocenters. The van der Waals surface area contributed by atoms with E-state index >= 15 is 0 Å². The van der Waals surface area contributed by atoms with Gasteiger partial charge in [0.25, 0.3) is 0 Å². The Balaban J connectivity index is 3.13. The number of hydrogen-bond donors (Lipinski definition) is 1. The quantitative estimate of drug-likeness (QED) is 0.532. The van der Waals surface area contributed by atoms with Crippen LogP contribution in [0.3, 0.4) is 0 Å². The first-order valence-electron chi connectivity index (χ1n) is 2.08. The maximum Gasteiger partial charge on any atom is 0.173 e. The Morgan fingerprint density at radius 3 is 2.88 bits per heavy atom. The van der Waals surface area contributed by atoms with E-state index in [-0.39, 0.29) is 5.82 Å². The molecule has 0 saturated heterocycles. The molecule has 0 aromatic carbocycles. The molecule has 1 rings (SSSR count). The van der Waals surface area contributed by atoms with Crippen molar-refractivity contribution in [1.82, 2.24) is 4.98 Å². The highest BCUT2D eigenvalue weighted by Gasteiger charge is 1.92. The van der Waals surface area contributed by atoms with Crippen LogP contribution < -0.4 is 5.73 Å². The van der Waals surface area contributed by atoms with Crippen LogP contribution in [-0.2, 0) is 0 Å². The predicted octanol–water partition coefficient (Wildman–Crippen LogP) is 0.603. The molecule has 0 saturated carbocycles. The van der Waals surface area contributed by atoms with Gasteiger partial charge in [-0.3, -0.25) is 0 Å². The zero-order chi connectivity index (χ0) is 5.98. The van der Waals surface area contributed by atoms with Gasteiger partial charge in [-0.05, 0) is 6.07 Å². The van der Waals surface area contributed by atoms with Crippen LogP contribution in [0.15, 0.2) is 12.3 Å². The molecule has 0 aliphatic carbocycles. The number of halogens is 1. The molecule has 0 amide bonds. The standard InChI is InChI=1S/C5H4FN2/c6-4-2-1-3-8-5(4)7/h1,3H,(H2,7,8). The summed E-state index contributed by atoms with van der Waals surface area (Å²) in [4.78, 5) is 3.45. The van der Waals surface area contributed by atoms with Gasteiger partial charge in [0.1, 0.15) is 0 Å². The zero-order valence-corrected chi connectivity index (χ0v) is 4.06. The fraction of sp³-hybridized carbons (Fsp3) is 0. The van der Waals surface area contributed by atoms with E-state index < -0.39 is 5.82 Å². The van der Waals surface area contributed by atoms with Gasteiger partial charge in [-0.2, -0.15) is 0 Å². The van der Waals surface area contributed by atoms with E-state index in [4.69, 9.17) is 5.73 Å². The number of rotatable bonds is 0. The molecule has 0 fully saturated rings. The van der Waals surface area contributed by atoms with Crippen LogP contribution in [0.25, 0.3) is 0 Å². The van der Waals surface area contributed by atoms with E-state index in [1.807, 2.05) is 0 Å². The van der Waals surface area contributed by atoms with Gasteiger partial charge in [-0.15, -0.1) is 0 Å². The van der Waals surface area contributed by atoms with Gasteiger partial charge in [-0.25, -0.2) is 9.37 Å². The lowest BCUT2D eigenvalue weighted by Crippen LogP contribution is -1.92. The van der Waals surface area contributed by atoms with Crippen molar-refractivity contribution in [3.05, 3.63) is 24.1 Å². The van der Waals surface area contributed by atoms with Crippen molar-refractivity contribution in [2.45, 2.75) is 0 Å². The van der Waals surface area contributed by atoms with Crippen molar-refractivity contribution in [3.8, 4) is 0 Å². The van der Waals surface area contributed by atoms with E-state index in [2.05, 4.69) is 11.1 Å². The summed E-state index contributed by atoms with van der Waals surface area (Å²) in [7, 11) is 0. The topological polar surface area (TPSA) is 38.9 Å². The number of nitrogen functional groups attached to an aromatic ring is 1. The van der Waals surface area contributed by atoms with Gasteiger partial charge in [0, 0.05) is 12.3 Å². The third kappa shape index (κ3) is 0.753. The van der Waals surface area contributed by atoms with Crippen molar-refractivity contribution in [3.63, 3.8) is 0 Å². The Hall–Kier alpha value is -1.12. The Morgan fingerprint density at radius 2 is 2.50 bits per heavy atom. The Labute approximate surface area is 46.2 Å². The van der Waals surface area contributed by atoms with Crippen molar-refractivity contribution in [1.29, 1.82) is 0 Å². The first-order valence-corrected chi connectivity index (χ1v) is 2.08. The molecule has 0 aliphatic heterocycles. The van der Waals surface area contributed by atoms with Crippen LogP contribution in [0.1, 0.15) is 0 Å². The van der Waals surface area contributed by atoms with Gasteiger partial charge in [0.2, 0.25) is 0 Å². The summed E-state index contributed by atoms with van der Waals surface area (Å²) in [6.45, 7) is 0. The number of hydrogen-bond acceptors (Lipinski definition) is 2. The van der Waals surface area contributed by atoms with Gasteiger partial charge < -0.3 is 5.73 Å². The smallest absolute Gasteiger partial charge is 0.173 e. The minimum absolute atomic E-state index is 0.104. The van der Waals surface area contributed by atoms with Crippen LogP contribution in [0.5, 0.6) is 0 Å². The molecule has 0 bridgehead atoms.